The maximum absolute atomic E-state index is 12.8. The second kappa shape index (κ2) is 4.56. The van der Waals surface area contributed by atoms with Crippen molar-refractivity contribution in [3.8, 4) is 0 Å². The Morgan fingerprint density at radius 1 is 1.31 bits per heavy atom. The van der Waals surface area contributed by atoms with Gasteiger partial charge in [0.1, 0.15) is 5.82 Å². The molecule has 13 heavy (non-hydrogen) atoms. The third-order valence-electron chi connectivity index (χ3n) is 1.85. The first kappa shape index (κ1) is 10.4. The second-order valence-corrected chi connectivity index (χ2v) is 3.09. The van der Waals surface area contributed by atoms with Gasteiger partial charge >= 0.3 is 0 Å². The molecule has 72 valence electrons. The van der Waals surface area contributed by atoms with E-state index >= 15 is 0 Å². The fourth-order valence-electron chi connectivity index (χ4n) is 1.17. The zero-order chi connectivity index (χ0) is 9.84. The van der Waals surface area contributed by atoms with Gasteiger partial charge < -0.3 is 10.6 Å². The molecule has 0 aromatic heterocycles. The van der Waals surface area contributed by atoms with Gasteiger partial charge in [-0.2, -0.15) is 0 Å². The molecule has 1 aromatic carbocycles. The Balaban J connectivity index is 2.95. The first-order chi connectivity index (χ1) is 6.19. The number of halogens is 2. The van der Waals surface area contributed by atoms with E-state index in [1.54, 1.807) is 12.1 Å². The van der Waals surface area contributed by atoms with Gasteiger partial charge in [-0.1, -0.05) is 17.7 Å². The van der Waals surface area contributed by atoms with Crippen LogP contribution in [0.5, 0.6) is 0 Å². The van der Waals surface area contributed by atoms with Crippen LogP contribution in [-0.4, -0.2) is 14.1 Å². The molecule has 0 radical (unpaired) electrons. The average Bonchev–Trinajstić information content (AvgIpc) is 2.13. The van der Waals surface area contributed by atoms with E-state index in [0.29, 0.717) is 0 Å². The highest BCUT2D eigenvalue weighted by molar-refractivity contribution is 6.30. The summed E-state index contributed by atoms with van der Waals surface area (Å²) in [6.07, 6.45) is -0.00176. The van der Waals surface area contributed by atoms with Gasteiger partial charge in [-0.3, -0.25) is 0 Å². The molecular formula is C9H12ClFN2. The predicted octanol–water partition coefficient (Wildman–Crippen LogP) is 1.92. The third kappa shape index (κ3) is 2.40. The summed E-state index contributed by atoms with van der Waals surface area (Å²) >= 11 is 5.64. The first-order valence-corrected chi connectivity index (χ1v) is 4.36. The van der Waals surface area contributed by atoms with E-state index in [-0.39, 0.29) is 11.2 Å². The SMILES string of the molecule is CNC(NC)c1ccc(F)c(Cl)c1. The van der Waals surface area contributed by atoms with Crippen molar-refractivity contribution in [2.45, 2.75) is 6.17 Å². The van der Waals surface area contributed by atoms with E-state index < -0.39 is 5.82 Å². The number of hydrogen-bond donors (Lipinski definition) is 2. The molecule has 0 saturated heterocycles. The fourth-order valence-corrected chi connectivity index (χ4v) is 1.36. The van der Waals surface area contributed by atoms with Crippen molar-refractivity contribution in [3.63, 3.8) is 0 Å². The van der Waals surface area contributed by atoms with Gasteiger partial charge in [-0.15, -0.1) is 0 Å². The minimum Gasteiger partial charge on any atom is -0.301 e. The van der Waals surface area contributed by atoms with Crippen LogP contribution in [0.25, 0.3) is 0 Å². The quantitative estimate of drug-likeness (QED) is 0.732. The summed E-state index contributed by atoms with van der Waals surface area (Å²) in [5.74, 6) is -0.392. The predicted molar refractivity (Wildman–Crippen MR) is 52.3 cm³/mol. The minimum atomic E-state index is -0.392. The van der Waals surface area contributed by atoms with Crippen molar-refractivity contribution in [3.05, 3.63) is 34.6 Å². The van der Waals surface area contributed by atoms with Crippen LogP contribution in [0, 0.1) is 5.82 Å². The molecule has 4 heteroatoms. The topological polar surface area (TPSA) is 24.1 Å². The van der Waals surface area contributed by atoms with Crippen LogP contribution in [0.1, 0.15) is 11.7 Å². The average molecular weight is 203 g/mol. The van der Waals surface area contributed by atoms with Crippen LogP contribution in [0.4, 0.5) is 4.39 Å². The van der Waals surface area contributed by atoms with Crippen molar-refractivity contribution in [1.82, 2.24) is 10.6 Å². The lowest BCUT2D eigenvalue weighted by atomic mass is 10.1. The molecule has 0 atom stereocenters. The van der Waals surface area contributed by atoms with E-state index in [4.69, 9.17) is 11.6 Å². The van der Waals surface area contributed by atoms with Crippen LogP contribution in [0.2, 0.25) is 5.02 Å². The Hall–Kier alpha value is -0.640. The molecule has 1 aromatic rings. The van der Waals surface area contributed by atoms with E-state index in [1.807, 2.05) is 14.1 Å². The standard InChI is InChI=1S/C9H12ClFN2/c1-12-9(13-2)6-3-4-8(11)7(10)5-6/h3-5,9,12-13H,1-2H3. The molecule has 0 unspecified atom stereocenters. The zero-order valence-electron chi connectivity index (χ0n) is 7.57. The summed E-state index contributed by atoms with van der Waals surface area (Å²) < 4.78 is 12.8. The number of rotatable bonds is 3. The highest BCUT2D eigenvalue weighted by Gasteiger charge is 2.07. The van der Waals surface area contributed by atoms with Crippen LogP contribution >= 0.6 is 11.6 Å². The van der Waals surface area contributed by atoms with E-state index in [0.717, 1.165) is 5.56 Å². The van der Waals surface area contributed by atoms with Gasteiger partial charge in [0.25, 0.3) is 0 Å². The molecule has 0 heterocycles. The highest BCUT2D eigenvalue weighted by atomic mass is 35.5. The third-order valence-corrected chi connectivity index (χ3v) is 2.14. The second-order valence-electron chi connectivity index (χ2n) is 2.68. The molecule has 0 aliphatic carbocycles. The lowest BCUT2D eigenvalue weighted by Gasteiger charge is -2.15. The van der Waals surface area contributed by atoms with Gasteiger partial charge in [0.2, 0.25) is 0 Å². The zero-order valence-corrected chi connectivity index (χ0v) is 8.32. The Morgan fingerprint density at radius 3 is 2.38 bits per heavy atom. The monoisotopic (exact) mass is 202 g/mol. The van der Waals surface area contributed by atoms with Crippen LogP contribution < -0.4 is 10.6 Å². The Morgan fingerprint density at radius 2 is 1.92 bits per heavy atom. The van der Waals surface area contributed by atoms with Crippen LogP contribution in [-0.2, 0) is 0 Å². The highest BCUT2D eigenvalue weighted by Crippen LogP contribution is 2.19. The number of hydrogen-bond acceptors (Lipinski definition) is 2. The van der Waals surface area contributed by atoms with Gasteiger partial charge in [0.15, 0.2) is 0 Å². The number of nitrogens with one attached hydrogen (secondary N) is 2. The lowest BCUT2D eigenvalue weighted by molar-refractivity contribution is 0.518. The normalized spacial score (nSPS) is 10.8. The Kier molecular flexibility index (Phi) is 3.66. The summed E-state index contributed by atoms with van der Waals surface area (Å²) in [6, 6.07) is 4.66. The molecule has 0 spiro atoms. The summed E-state index contributed by atoms with van der Waals surface area (Å²) in [4.78, 5) is 0. The summed E-state index contributed by atoms with van der Waals surface area (Å²) in [5, 5.41) is 6.19. The Labute approximate surface area is 82.1 Å². The van der Waals surface area contributed by atoms with Gasteiger partial charge in [0, 0.05) is 0 Å². The van der Waals surface area contributed by atoms with Crippen molar-refractivity contribution >= 4 is 11.6 Å². The van der Waals surface area contributed by atoms with Crippen molar-refractivity contribution in [2.24, 2.45) is 0 Å². The van der Waals surface area contributed by atoms with Crippen molar-refractivity contribution in [2.75, 3.05) is 14.1 Å². The molecule has 1 rings (SSSR count). The van der Waals surface area contributed by atoms with Crippen LogP contribution in [0.3, 0.4) is 0 Å². The molecule has 0 aliphatic heterocycles. The molecule has 0 fully saturated rings. The van der Waals surface area contributed by atoms with Gasteiger partial charge in [-0.25, -0.2) is 4.39 Å². The molecule has 0 saturated carbocycles. The molecule has 0 aliphatic rings. The molecule has 0 bridgehead atoms. The van der Waals surface area contributed by atoms with Gasteiger partial charge in [-0.05, 0) is 31.8 Å². The lowest BCUT2D eigenvalue weighted by Crippen LogP contribution is -2.28. The molecular weight excluding hydrogens is 191 g/mol. The summed E-state index contributed by atoms with van der Waals surface area (Å²) in [6.45, 7) is 0. The number of benzene rings is 1. The van der Waals surface area contributed by atoms with Gasteiger partial charge in [0.05, 0.1) is 11.2 Å². The van der Waals surface area contributed by atoms with E-state index in [9.17, 15) is 4.39 Å². The first-order valence-electron chi connectivity index (χ1n) is 3.98. The fraction of sp³-hybridized carbons (Fsp3) is 0.333. The van der Waals surface area contributed by atoms with E-state index in [2.05, 4.69) is 10.6 Å². The van der Waals surface area contributed by atoms with Crippen molar-refractivity contribution < 1.29 is 4.39 Å². The Bertz CT molecular complexity index is 287. The summed E-state index contributed by atoms with van der Waals surface area (Å²) in [5.41, 5.74) is 0.913. The van der Waals surface area contributed by atoms with E-state index in [1.165, 1.54) is 6.07 Å². The molecule has 2 nitrogen and oxygen atoms in total. The smallest absolute Gasteiger partial charge is 0.141 e. The van der Waals surface area contributed by atoms with Crippen molar-refractivity contribution in [1.29, 1.82) is 0 Å². The molecule has 0 amide bonds. The van der Waals surface area contributed by atoms with Crippen LogP contribution in [0.15, 0.2) is 18.2 Å². The maximum atomic E-state index is 12.8. The largest absolute Gasteiger partial charge is 0.301 e. The maximum Gasteiger partial charge on any atom is 0.141 e. The minimum absolute atomic E-state index is 0.00176. The molecule has 2 N–H and O–H groups in total. The summed E-state index contributed by atoms with van der Waals surface area (Å²) in [7, 11) is 3.64.